The Morgan fingerprint density at radius 3 is 2.71 bits per heavy atom. The van der Waals surface area contributed by atoms with Crippen LogP contribution >= 0.6 is 12.2 Å². The highest BCUT2D eigenvalue weighted by atomic mass is 32.1. The summed E-state index contributed by atoms with van der Waals surface area (Å²) in [6.07, 6.45) is 1.46. The van der Waals surface area contributed by atoms with Crippen molar-refractivity contribution in [1.82, 2.24) is 9.88 Å². The van der Waals surface area contributed by atoms with Crippen molar-refractivity contribution >= 4 is 23.1 Å². The number of hydrogen-bond acceptors (Lipinski definition) is 3. The summed E-state index contributed by atoms with van der Waals surface area (Å²) in [5.74, 6) is -0.582. The van der Waals surface area contributed by atoms with Crippen LogP contribution in [-0.4, -0.2) is 27.8 Å². The van der Waals surface area contributed by atoms with Gasteiger partial charge in [-0.1, -0.05) is 24.4 Å². The van der Waals surface area contributed by atoms with Gasteiger partial charge in [0, 0.05) is 25.4 Å². The second kappa shape index (κ2) is 6.41. The standard InChI is InChI=1S/C15H14FN3OS/c1-19(9-10-3-2-4-12(16)7-10)15(20)13-6-5-11(8-18-13)14(17)21/h2-8H,9H2,1H3,(H2,17,21). The summed E-state index contributed by atoms with van der Waals surface area (Å²) in [5, 5.41) is 0. The summed E-state index contributed by atoms with van der Waals surface area (Å²) in [6.45, 7) is 0.301. The third kappa shape index (κ3) is 3.82. The molecule has 0 saturated carbocycles. The zero-order valence-corrected chi connectivity index (χ0v) is 12.2. The van der Waals surface area contributed by atoms with Gasteiger partial charge in [0.25, 0.3) is 5.91 Å². The molecule has 2 aromatic rings. The molecule has 2 rings (SSSR count). The molecule has 0 bridgehead atoms. The number of benzene rings is 1. The molecule has 0 radical (unpaired) electrons. The van der Waals surface area contributed by atoms with Crippen LogP contribution in [0, 0.1) is 5.82 Å². The Kier molecular flexibility index (Phi) is 4.59. The van der Waals surface area contributed by atoms with Crippen molar-refractivity contribution < 1.29 is 9.18 Å². The molecule has 0 aliphatic carbocycles. The number of nitrogens with two attached hydrogens (primary N) is 1. The second-order valence-corrected chi connectivity index (χ2v) is 5.03. The minimum absolute atomic E-state index is 0.231. The first-order valence-corrected chi connectivity index (χ1v) is 6.64. The average Bonchev–Trinajstić information content (AvgIpc) is 2.46. The first kappa shape index (κ1) is 15.1. The summed E-state index contributed by atoms with van der Waals surface area (Å²) >= 11 is 4.83. The topological polar surface area (TPSA) is 59.2 Å². The number of carbonyl (C=O) groups is 1. The van der Waals surface area contributed by atoms with Gasteiger partial charge in [0.05, 0.1) is 0 Å². The third-order valence-electron chi connectivity index (χ3n) is 2.92. The third-order valence-corrected chi connectivity index (χ3v) is 3.16. The molecule has 4 nitrogen and oxygen atoms in total. The summed E-state index contributed by atoms with van der Waals surface area (Å²) in [7, 11) is 1.64. The van der Waals surface area contributed by atoms with Crippen LogP contribution in [0.1, 0.15) is 21.6 Å². The lowest BCUT2D eigenvalue weighted by molar-refractivity contribution is 0.0779. The zero-order chi connectivity index (χ0) is 15.4. The van der Waals surface area contributed by atoms with Gasteiger partial charge in [0.15, 0.2) is 0 Å². The van der Waals surface area contributed by atoms with Crippen LogP contribution in [0.4, 0.5) is 4.39 Å². The van der Waals surface area contributed by atoms with E-state index in [0.29, 0.717) is 17.7 Å². The normalized spacial score (nSPS) is 10.2. The van der Waals surface area contributed by atoms with Gasteiger partial charge in [-0.25, -0.2) is 4.39 Å². The van der Waals surface area contributed by atoms with Crippen molar-refractivity contribution in [2.24, 2.45) is 5.73 Å². The molecule has 1 aromatic heterocycles. The Labute approximate surface area is 127 Å². The van der Waals surface area contributed by atoms with Crippen LogP contribution in [0.15, 0.2) is 42.6 Å². The number of thiocarbonyl (C=S) groups is 1. The Balaban J connectivity index is 2.10. The summed E-state index contributed by atoms with van der Waals surface area (Å²) in [4.78, 5) is 18.0. The highest BCUT2D eigenvalue weighted by Gasteiger charge is 2.14. The molecule has 6 heteroatoms. The molecule has 0 aliphatic rings. The van der Waals surface area contributed by atoms with Gasteiger partial charge in [0.1, 0.15) is 16.5 Å². The van der Waals surface area contributed by atoms with E-state index in [-0.39, 0.29) is 22.4 Å². The summed E-state index contributed by atoms with van der Waals surface area (Å²) in [5.41, 5.74) is 7.08. The number of amides is 1. The summed E-state index contributed by atoms with van der Waals surface area (Å²) < 4.78 is 13.1. The number of nitrogens with zero attached hydrogens (tertiary/aromatic N) is 2. The van der Waals surface area contributed by atoms with Crippen LogP contribution in [0.2, 0.25) is 0 Å². The predicted molar refractivity (Wildman–Crippen MR) is 82.3 cm³/mol. The van der Waals surface area contributed by atoms with Crippen LogP contribution in [0.5, 0.6) is 0 Å². The van der Waals surface area contributed by atoms with Crippen molar-refractivity contribution in [3.8, 4) is 0 Å². The fraction of sp³-hybridized carbons (Fsp3) is 0.133. The van der Waals surface area contributed by atoms with Crippen LogP contribution in [0.3, 0.4) is 0 Å². The highest BCUT2D eigenvalue weighted by Crippen LogP contribution is 2.09. The number of carbonyl (C=O) groups excluding carboxylic acids is 1. The molecule has 1 aromatic carbocycles. The fourth-order valence-corrected chi connectivity index (χ4v) is 1.96. The molecule has 2 N–H and O–H groups in total. The molecule has 0 aliphatic heterocycles. The molecular formula is C15H14FN3OS. The minimum Gasteiger partial charge on any atom is -0.389 e. The maximum absolute atomic E-state index is 13.1. The second-order valence-electron chi connectivity index (χ2n) is 4.59. The van der Waals surface area contributed by atoms with Gasteiger partial charge in [-0.15, -0.1) is 0 Å². The van der Waals surface area contributed by atoms with Crippen molar-refractivity contribution in [1.29, 1.82) is 0 Å². The monoisotopic (exact) mass is 303 g/mol. The predicted octanol–water partition coefficient (Wildman–Crippen LogP) is 2.13. The zero-order valence-electron chi connectivity index (χ0n) is 11.4. The van der Waals surface area contributed by atoms with Gasteiger partial charge in [-0.2, -0.15) is 0 Å². The molecule has 0 spiro atoms. The van der Waals surface area contributed by atoms with E-state index in [2.05, 4.69) is 4.98 Å². The maximum Gasteiger partial charge on any atom is 0.272 e. The average molecular weight is 303 g/mol. The number of hydrogen-bond donors (Lipinski definition) is 1. The Bertz CT molecular complexity index is 673. The SMILES string of the molecule is CN(Cc1cccc(F)c1)C(=O)c1ccc(C(N)=S)cn1. The van der Waals surface area contributed by atoms with Crippen LogP contribution < -0.4 is 5.73 Å². The largest absolute Gasteiger partial charge is 0.389 e. The number of rotatable bonds is 4. The van der Waals surface area contributed by atoms with E-state index < -0.39 is 0 Å². The van der Waals surface area contributed by atoms with Crippen molar-refractivity contribution in [3.05, 3.63) is 65.2 Å². The van der Waals surface area contributed by atoms with E-state index >= 15 is 0 Å². The van der Waals surface area contributed by atoms with E-state index in [0.717, 1.165) is 0 Å². The fourth-order valence-electron chi connectivity index (χ4n) is 1.84. The number of aromatic nitrogens is 1. The van der Waals surface area contributed by atoms with Crippen molar-refractivity contribution in [2.45, 2.75) is 6.54 Å². The Morgan fingerprint density at radius 1 is 1.38 bits per heavy atom. The molecule has 21 heavy (non-hydrogen) atoms. The molecule has 0 atom stereocenters. The highest BCUT2D eigenvalue weighted by molar-refractivity contribution is 7.80. The smallest absolute Gasteiger partial charge is 0.272 e. The van der Waals surface area contributed by atoms with E-state index in [4.69, 9.17) is 18.0 Å². The molecule has 0 unspecified atom stereocenters. The van der Waals surface area contributed by atoms with E-state index in [1.165, 1.54) is 23.2 Å². The van der Waals surface area contributed by atoms with E-state index in [9.17, 15) is 9.18 Å². The lowest BCUT2D eigenvalue weighted by Gasteiger charge is -2.17. The van der Waals surface area contributed by atoms with Gasteiger partial charge in [-0.05, 0) is 29.8 Å². The lowest BCUT2D eigenvalue weighted by atomic mass is 10.2. The molecule has 1 amide bonds. The minimum atomic E-state index is -0.327. The quantitative estimate of drug-likeness (QED) is 0.879. The van der Waals surface area contributed by atoms with E-state index in [1.807, 2.05) is 0 Å². The van der Waals surface area contributed by atoms with Gasteiger partial charge in [-0.3, -0.25) is 9.78 Å². The summed E-state index contributed by atoms with van der Waals surface area (Å²) in [6, 6.07) is 9.35. The molecule has 108 valence electrons. The first-order valence-electron chi connectivity index (χ1n) is 6.23. The molecular weight excluding hydrogens is 289 g/mol. The van der Waals surface area contributed by atoms with Gasteiger partial charge in [0.2, 0.25) is 0 Å². The van der Waals surface area contributed by atoms with Gasteiger partial charge >= 0.3 is 0 Å². The van der Waals surface area contributed by atoms with Crippen LogP contribution in [0.25, 0.3) is 0 Å². The first-order chi connectivity index (χ1) is 9.97. The number of halogens is 1. The lowest BCUT2D eigenvalue weighted by Crippen LogP contribution is -2.27. The Morgan fingerprint density at radius 2 is 2.14 bits per heavy atom. The van der Waals surface area contributed by atoms with E-state index in [1.54, 1.807) is 31.3 Å². The number of pyridine rings is 1. The van der Waals surface area contributed by atoms with Crippen LogP contribution in [-0.2, 0) is 6.54 Å². The van der Waals surface area contributed by atoms with Gasteiger partial charge < -0.3 is 10.6 Å². The molecule has 0 fully saturated rings. The van der Waals surface area contributed by atoms with Crippen molar-refractivity contribution in [2.75, 3.05) is 7.05 Å². The Hall–Kier alpha value is -2.34. The molecule has 0 saturated heterocycles. The van der Waals surface area contributed by atoms with Crippen molar-refractivity contribution in [3.63, 3.8) is 0 Å². The molecule has 1 heterocycles. The maximum atomic E-state index is 13.1.